The van der Waals surface area contributed by atoms with Crippen molar-refractivity contribution in [1.29, 1.82) is 0 Å². The first kappa shape index (κ1) is 20.6. The van der Waals surface area contributed by atoms with Gasteiger partial charge in [-0.2, -0.15) is 0 Å². The fraction of sp³-hybridized carbons (Fsp3) is 0.333. The van der Waals surface area contributed by atoms with Crippen molar-refractivity contribution in [3.8, 4) is 0 Å². The molecule has 3 aromatic rings. The molecule has 0 saturated carbocycles. The standard InChI is InChI=1S/C24H25N3O2.ClH/c28-24-23-19(6-3-8-22(23)26-12-4-15-29-16-14-26)17-27(24)13-11-20-10-9-18-5-1-2-7-21(18)25-20;/h1-3,5-10H,4,11-17H2;1H. The number of ether oxygens (including phenoxy) is 1. The molecule has 6 heteroatoms. The Balaban J connectivity index is 0.00000218. The largest absolute Gasteiger partial charge is 0.380 e. The predicted molar refractivity (Wildman–Crippen MR) is 122 cm³/mol. The van der Waals surface area contributed by atoms with Gasteiger partial charge in [-0.15, -0.1) is 12.4 Å². The van der Waals surface area contributed by atoms with Gasteiger partial charge in [0, 0.05) is 56.0 Å². The van der Waals surface area contributed by atoms with Gasteiger partial charge in [-0.1, -0.05) is 36.4 Å². The van der Waals surface area contributed by atoms with Gasteiger partial charge in [0.2, 0.25) is 0 Å². The molecule has 0 radical (unpaired) electrons. The lowest BCUT2D eigenvalue weighted by Gasteiger charge is -2.24. The molecule has 30 heavy (non-hydrogen) atoms. The summed E-state index contributed by atoms with van der Waals surface area (Å²) in [4.78, 5) is 22.2. The van der Waals surface area contributed by atoms with E-state index in [1.54, 1.807) is 0 Å². The molecule has 1 aromatic heterocycles. The summed E-state index contributed by atoms with van der Waals surface area (Å²) in [6, 6.07) is 18.6. The molecule has 156 valence electrons. The van der Waals surface area contributed by atoms with Crippen molar-refractivity contribution in [3.63, 3.8) is 0 Å². The maximum atomic E-state index is 13.2. The molecular formula is C24H26ClN3O2. The molecular weight excluding hydrogens is 398 g/mol. The van der Waals surface area contributed by atoms with Gasteiger partial charge in [0.05, 0.1) is 17.7 Å². The molecule has 1 amide bonds. The highest BCUT2D eigenvalue weighted by atomic mass is 35.5. The number of halogens is 1. The fourth-order valence-corrected chi connectivity index (χ4v) is 4.33. The fourth-order valence-electron chi connectivity index (χ4n) is 4.33. The van der Waals surface area contributed by atoms with Crippen LogP contribution in [0.2, 0.25) is 0 Å². The van der Waals surface area contributed by atoms with E-state index >= 15 is 0 Å². The second-order valence-corrected chi connectivity index (χ2v) is 7.74. The number of carbonyl (C=O) groups is 1. The number of rotatable bonds is 4. The first-order chi connectivity index (χ1) is 14.3. The monoisotopic (exact) mass is 423 g/mol. The first-order valence-corrected chi connectivity index (χ1v) is 10.4. The number of anilines is 1. The third kappa shape index (κ3) is 4.00. The molecule has 1 saturated heterocycles. The average Bonchev–Trinajstić information content (AvgIpc) is 2.93. The van der Waals surface area contributed by atoms with E-state index < -0.39 is 0 Å². The third-order valence-corrected chi connectivity index (χ3v) is 5.85. The van der Waals surface area contributed by atoms with Crippen molar-refractivity contribution in [2.75, 3.05) is 37.7 Å². The summed E-state index contributed by atoms with van der Waals surface area (Å²) < 4.78 is 5.59. The van der Waals surface area contributed by atoms with E-state index in [-0.39, 0.29) is 18.3 Å². The van der Waals surface area contributed by atoms with Gasteiger partial charge in [0.1, 0.15) is 0 Å². The summed E-state index contributed by atoms with van der Waals surface area (Å²) in [6.07, 6.45) is 1.76. The summed E-state index contributed by atoms with van der Waals surface area (Å²) in [6.45, 7) is 4.65. The van der Waals surface area contributed by atoms with Crippen LogP contribution in [0.4, 0.5) is 5.69 Å². The Morgan fingerprint density at radius 2 is 1.87 bits per heavy atom. The number of hydrogen-bond donors (Lipinski definition) is 0. The maximum Gasteiger partial charge on any atom is 0.256 e. The Labute approximate surface area is 183 Å². The Morgan fingerprint density at radius 1 is 0.967 bits per heavy atom. The van der Waals surface area contributed by atoms with Gasteiger partial charge >= 0.3 is 0 Å². The van der Waals surface area contributed by atoms with Crippen LogP contribution in [0.5, 0.6) is 0 Å². The number of hydrogen-bond acceptors (Lipinski definition) is 4. The molecule has 0 aliphatic carbocycles. The molecule has 2 aliphatic heterocycles. The number of nitrogens with zero attached hydrogens (tertiary/aromatic N) is 3. The zero-order valence-electron chi connectivity index (χ0n) is 16.9. The van der Waals surface area contributed by atoms with Crippen LogP contribution in [-0.2, 0) is 17.7 Å². The summed E-state index contributed by atoms with van der Waals surface area (Å²) in [7, 11) is 0. The molecule has 1 fully saturated rings. The van der Waals surface area contributed by atoms with Crippen LogP contribution in [0.1, 0.15) is 28.0 Å². The molecule has 0 atom stereocenters. The number of amides is 1. The minimum Gasteiger partial charge on any atom is -0.380 e. The van der Waals surface area contributed by atoms with Crippen LogP contribution in [0, 0.1) is 0 Å². The minimum atomic E-state index is 0. The van der Waals surface area contributed by atoms with E-state index in [1.807, 2.05) is 23.1 Å². The molecule has 0 N–H and O–H groups in total. The van der Waals surface area contributed by atoms with Crippen molar-refractivity contribution >= 4 is 34.9 Å². The van der Waals surface area contributed by atoms with E-state index in [1.165, 1.54) is 0 Å². The Bertz CT molecular complexity index is 1050. The normalized spacial score (nSPS) is 16.3. The quantitative estimate of drug-likeness (QED) is 0.634. The lowest BCUT2D eigenvalue weighted by atomic mass is 10.1. The highest BCUT2D eigenvalue weighted by molar-refractivity contribution is 6.03. The van der Waals surface area contributed by atoms with Crippen LogP contribution in [0.25, 0.3) is 10.9 Å². The van der Waals surface area contributed by atoms with Gasteiger partial charge in [-0.3, -0.25) is 9.78 Å². The molecule has 3 heterocycles. The van der Waals surface area contributed by atoms with Crippen LogP contribution in [0.15, 0.2) is 54.6 Å². The smallest absolute Gasteiger partial charge is 0.256 e. The molecule has 0 bridgehead atoms. The molecule has 0 unspecified atom stereocenters. The number of para-hydroxylation sites is 1. The van der Waals surface area contributed by atoms with Gasteiger partial charge < -0.3 is 14.5 Å². The number of carbonyl (C=O) groups excluding carboxylic acids is 1. The SMILES string of the molecule is Cl.O=C1c2c(cccc2N2CCCOCC2)CN1CCc1ccc2ccccc2n1. The highest BCUT2D eigenvalue weighted by Gasteiger charge is 2.31. The maximum absolute atomic E-state index is 13.2. The Morgan fingerprint density at radius 3 is 2.80 bits per heavy atom. The van der Waals surface area contributed by atoms with E-state index in [2.05, 4.69) is 41.3 Å². The molecule has 2 aliphatic rings. The zero-order chi connectivity index (χ0) is 19.6. The van der Waals surface area contributed by atoms with E-state index in [0.29, 0.717) is 13.1 Å². The highest BCUT2D eigenvalue weighted by Crippen LogP contribution is 2.32. The number of aromatic nitrogens is 1. The summed E-state index contributed by atoms with van der Waals surface area (Å²) in [5.41, 5.74) is 5.10. The van der Waals surface area contributed by atoms with Gasteiger partial charge in [-0.25, -0.2) is 0 Å². The van der Waals surface area contributed by atoms with Crippen molar-refractivity contribution < 1.29 is 9.53 Å². The van der Waals surface area contributed by atoms with E-state index in [9.17, 15) is 4.79 Å². The Hall–Kier alpha value is -2.63. The first-order valence-electron chi connectivity index (χ1n) is 10.4. The molecule has 5 rings (SSSR count). The van der Waals surface area contributed by atoms with Gasteiger partial charge in [-0.05, 0) is 30.2 Å². The van der Waals surface area contributed by atoms with Crippen molar-refractivity contribution in [1.82, 2.24) is 9.88 Å². The average molecular weight is 424 g/mol. The summed E-state index contributed by atoms with van der Waals surface area (Å²) in [5.74, 6) is 0.140. The number of pyridine rings is 1. The van der Waals surface area contributed by atoms with E-state index in [0.717, 1.165) is 72.6 Å². The van der Waals surface area contributed by atoms with Crippen molar-refractivity contribution in [2.45, 2.75) is 19.4 Å². The molecule has 2 aromatic carbocycles. The minimum absolute atomic E-state index is 0. The third-order valence-electron chi connectivity index (χ3n) is 5.85. The molecule has 5 nitrogen and oxygen atoms in total. The molecule has 0 spiro atoms. The van der Waals surface area contributed by atoms with Gasteiger partial charge in [0.15, 0.2) is 0 Å². The lowest BCUT2D eigenvalue weighted by molar-refractivity contribution is 0.0780. The summed E-state index contributed by atoms with van der Waals surface area (Å²) >= 11 is 0. The second kappa shape index (κ2) is 9.02. The zero-order valence-corrected chi connectivity index (χ0v) is 17.7. The predicted octanol–water partition coefficient (Wildman–Crippen LogP) is 4.08. The van der Waals surface area contributed by atoms with Crippen LogP contribution in [0.3, 0.4) is 0 Å². The van der Waals surface area contributed by atoms with Crippen molar-refractivity contribution in [2.24, 2.45) is 0 Å². The van der Waals surface area contributed by atoms with Crippen LogP contribution in [-0.4, -0.2) is 48.6 Å². The Kier molecular flexibility index (Phi) is 6.21. The van der Waals surface area contributed by atoms with Crippen LogP contribution >= 0.6 is 12.4 Å². The van der Waals surface area contributed by atoms with E-state index in [4.69, 9.17) is 9.72 Å². The van der Waals surface area contributed by atoms with Crippen molar-refractivity contribution in [3.05, 3.63) is 71.4 Å². The number of fused-ring (bicyclic) bond motifs is 2. The second-order valence-electron chi connectivity index (χ2n) is 7.74. The van der Waals surface area contributed by atoms with Crippen LogP contribution < -0.4 is 4.90 Å². The van der Waals surface area contributed by atoms with Gasteiger partial charge in [0.25, 0.3) is 5.91 Å². The topological polar surface area (TPSA) is 45.7 Å². The summed E-state index contributed by atoms with van der Waals surface area (Å²) in [5, 5.41) is 1.15. The number of benzene rings is 2. The lowest BCUT2D eigenvalue weighted by Crippen LogP contribution is -2.30.